The average Bonchev–Trinajstić information content (AvgIpc) is 2.83. The highest BCUT2D eigenvalue weighted by molar-refractivity contribution is 6.02. The summed E-state index contributed by atoms with van der Waals surface area (Å²) in [4.78, 5) is 24.0. The predicted octanol–water partition coefficient (Wildman–Crippen LogP) is 2.72. The quantitative estimate of drug-likeness (QED) is 0.584. The summed E-state index contributed by atoms with van der Waals surface area (Å²) in [5.74, 6) is -2.65. The van der Waals surface area contributed by atoms with Crippen LogP contribution < -0.4 is 15.8 Å². The van der Waals surface area contributed by atoms with Crippen LogP contribution in [0.2, 0.25) is 0 Å². The van der Waals surface area contributed by atoms with E-state index >= 15 is 0 Å². The number of aliphatic imine (C=N–C) groups is 1. The Bertz CT molecular complexity index is 1110. The number of aromatic nitrogens is 2. The largest absolute Gasteiger partial charge is 0.467 e. The molecule has 2 aliphatic heterocycles. The standard InChI is InChI=1S/C21H20F5N5O4/c22-9-20(13-8-33-4-3-16(13)35-19(27)31-20)12-5-11(1-2-14(12)23)30-18(32)15-6-29-17(7-28-15)34-10-21(24,25)26/h1-2,5-7,13,16H,3-4,8-10H2,(H2,27,31)(H,30,32)/t13-,16+,20+/m0/s1. The van der Waals surface area contributed by atoms with Gasteiger partial charge in [0.2, 0.25) is 5.88 Å². The maximum Gasteiger partial charge on any atom is 0.422 e. The van der Waals surface area contributed by atoms with Gasteiger partial charge in [0.1, 0.15) is 29.8 Å². The minimum atomic E-state index is -4.56. The fourth-order valence-electron chi connectivity index (χ4n) is 4.02. The summed E-state index contributed by atoms with van der Waals surface area (Å²) < 4.78 is 81.6. The third-order valence-electron chi connectivity index (χ3n) is 5.63. The zero-order chi connectivity index (χ0) is 25.2. The minimum Gasteiger partial charge on any atom is -0.467 e. The number of nitrogens with zero attached hydrogens (tertiary/aromatic N) is 3. The zero-order valence-electron chi connectivity index (χ0n) is 18.0. The smallest absolute Gasteiger partial charge is 0.422 e. The Kier molecular flexibility index (Phi) is 6.74. The van der Waals surface area contributed by atoms with Gasteiger partial charge in [-0.05, 0) is 18.2 Å². The lowest BCUT2D eigenvalue weighted by Crippen LogP contribution is -2.54. The van der Waals surface area contributed by atoms with Gasteiger partial charge in [0.25, 0.3) is 11.9 Å². The maximum atomic E-state index is 14.9. The van der Waals surface area contributed by atoms with E-state index in [2.05, 4.69) is 25.0 Å². The van der Waals surface area contributed by atoms with Crippen molar-refractivity contribution in [2.45, 2.75) is 24.2 Å². The van der Waals surface area contributed by atoms with Crippen molar-refractivity contribution in [3.8, 4) is 5.88 Å². The molecule has 1 saturated heterocycles. The number of anilines is 1. The zero-order valence-corrected chi connectivity index (χ0v) is 18.0. The lowest BCUT2D eigenvalue weighted by Gasteiger charge is -2.45. The number of carbonyl (C=O) groups excluding carboxylic acids is 1. The van der Waals surface area contributed by atoms with E-state index < -0.39 is 54.6 Å². The van der Waals surface area contributed by atoms with Crippen LogP contribution in [0.5, 0.6) is 5.88 Å². The molecule has 35 heavy (non-hydrogen) atoms. The molecule has 0 spiro atoms. The normalized spacial score (nSPS) is 24.1. The first-order chi connectivity index (χ1) is 16.6. The molecule has 2 aromatic rings. The van der Waals surface area contributed by atoms with Crippen molar-refractivity contribution in [2.75, 3.05) is 31.8 Å². The number of hydrogen-bond donors (Lipinski definition) is 2. The summed E-state index contributed by atoms with van der Waals surface area (Å²) in [5.41, 5.74) is 3.74. The molecule has 14 heteroatoms. The molecule has 1 amide bonds. The molecule has 0 saturated carbocycles. The van der Waals surface area contributed by atoms with Gasteiger partial charge in [-0.2, -0.15) is 13.2 Å². The molecule has 4 rings (SSSR count). The number of alkyl halides is 4. The molecular weight excluding hydrogens is 481 g/mol. The molecule has 3 N–H and O–H groups in total. The number of nitrogens with one attached hydrogen (secondary N) is 1. The van der Waals surface area contributed by atoms with Gasteiger partial charge in [0.05, 0.1) is 31.5 Å². The van der Waals surface area contributed by atoms with Gasteiger partial charge < -0.3 is 25.3 Å². The Morgan fingerprint density at radius 3 is 2.77 bits per heavy atom. The first kappa shape index (κ1) is 24.6. The maximum absolute atomic E-state index is 14.9. The Balaban J connectivity index is 1.56. The van der Waals surface area contributed by atoms with Crippen LogP contribution in [-0.2, 0) is 15.0 Å². The van der Waals surface area contributed by atoms with E-state index in [0.717, 1.165) is 18.5 Å². The molecule has 0 unspecified atom stereocenters. The van der Waals surface area contributed by atoms with Crippen LogP contribution in [0.3, 0.4) is 0 Å². The van der Waals surface area contributed by atoms with Crippen LogP contribution in [0, 0.1) is 11.7 Å². The number of benzene rings is 1. The van der Waals surface area contributed by atoms with Gasteiger partial charge in [-0.15, -0.1) is 0 Å². The molecule has 1 fully saturated rings. The second-order valence-corrected chi connectivity index (χ2v) is 7.93. The number of rotatable bonds is 6. The number of ether oxygens (including phenoxy) is 3. The van der Waals surface area contributed by atoms with Gasteiger partial charge >= 0.3 is 6.18 Å². The highest BCUT2D eigenvalue weighted by Gasteiger charge is 2.52. The van der Waals surface area contributed by atoms with Crippen LogP contribution in [-0.4, -0.2) is 60.7 Å². The van der Waals surface area contributed by atoms with Crippen molar-refractivity contribution in [3.05, 3.63) is 47.7 Å². The summed E-state index contributed by atoms with van der Waals surface area (Å²) in [6.45, 7) is -2.22. The molecular formula is C21H20F5N5O4. The average molecular weight is 501 g/mol. The topological polar surface area (TPSA) is 121 Å². The monoisotopic (exact) mass is 501 g/mol. The fraction of sp³-hybridized carbons (Fsp3) is 0.429. The first-order valence-electron chi connectivity index (χ1n) is 10.4. The third-order valence-corrected chi connectivity index (χ3v) is 5.63. The van der Waals surface area contributed by atoms with Crippen LogP contribution >= 0.6 is 0 Å². The molecule has 9 nitrogen and oxygen atoms in total. The summed E-state index contributed by atoms with van der Waals surface area (Å²) in [7, 11) is 0. The number of carbonyl (C=O) groups is 1. The number of amidine groups is 1. The van der Waals surface area contributed by atoms with Crippen molar-refractivity contribution >= 4 is 17.6 Å². The number of hydrogen-bond acceptors (Lipinski definition) is 8. The Labute approximate surface area is 195 Å². The molecule has 3 heterocycles. The van der Waals surface area contributed by atoms with E-state index in [-0.39, 0.29) is 29.6 Å². The van der Waals surface area contributed by atoms with E-state index in [1.807, 2.05) is 0 Å². The molecule has 2 aliphatic rings. The number of nitrogens with two attached hydrogens (primary N) is 1. The van der Waals surface area contributed by atoms with Crippen molar-refractivity contribution in [1.82, 2.24) is 9.97 Å². The van der Waals surface area contributed by atoms with Crippen molar-refractivity contribution in [3.63, 3.8) is 0 Å². The first-order valence-corrected chi connectivity index (χ1v) is 10.4. The molecule has 3 atom stereocenters. The summed E-state index contributed by atoms with van der Waals surface area (Å²) in [5, 5.41) is 2.47. The van der Waals surface area contributed by atoms with Crippen molar-refractivity contribution in [1.29, 1.82) is 0 Å². The predicted molar refractivity (Wildman–Crippen MR) is 111 cm³/mol. The van der Waals surface area contributed by atoms with Crippen molar-refractivity contribution in [2.24, 2.45) is 16.6 Å². The lowest BCUT2D eigenvalue weighted by molar-refractivity contribution is -0.154. The molecule has 1 aromatic heterocycles. The second-order valence-electron chi connectivity index (χ2n) is 7.93. The minimum absolute atomic E-state index is 0.0692. The molecule has 0 radical (unpaired) electrons. The molecule has 0 aliphatic carbocycles. The van der Waals surface area contributed by atoms with E-state index in [0.29, 0.717) is 13.0 Å². The van der Waals surface area contributed by atoms with E-state index in [1.54, 1.807) is 0 Å². The number of halogens is 5. The molecule has 1 aromatic carbocycles. The summed E-state index contributed by atoms with van der Waals surface area (Å²) in [6.07, 6.45) is -2.89. The van der Waals surface area contributed by atoms with E-state index in [9.17, 15) is 26.7 Å². The Hall–Kier alpha value is -3.55. The Morgan fingerprint density at radius 1 is 1.29 bits per heavy atom. The van der Waals surface area contributed by atoms with Gasteiger partial charge in [-0.3, -0.25) is 4.79 Å². The van der Waals surface area contributed by atoms with Crippen molar-refractivity contribution < 1.29 is 41.0 Å². The SMILES string of the molecule is NC1=N[C@](CF)(c2cc(NC(=O)c3cnc(OCC(F)(F)F)cn3)ccc2F)[C@H]2COCC[C@H]2O1. The van der Waals surface area contributed by atoms with E-state index in [1.165, 1.54) is 12.1 Å². The highest BCUT2D eigenvalue weighted by Crippen LogP contribution is 2.44. The third kappa shape index (κ3) is 5.26. The fourth-order valence-corrected chi connectivity index (χ4v) is 4.02. The van der Waals surface area contributed by atoms with Crippen LogP contribution in [0.1, 0.15) is 22.5 Å². The summed E-state index contributed by atoms with van der Waals surface area (Å²) in [6, 6.07) is 3.25. The lowest BCUT2D eigenvalue weighted by atomic mass is 9.74. The molecule has 0 bridgehead atoms. The van der Waals surface area contributed by atoms with E-state index in [4.69, 9.17) is 15.2 Å². The van der Waals surface area contributed by atoms with Crippen LogP contribution in [0.4, 0.5) is 27.6 Å². The Morgan fingerprint density at radius 2 is 2.09 bits per heavy atom. The number of amides is 1. The van der Waals surface area contributed by atoms with Gasteiger partial charge in [0.15, 0.2) is 6.61 Å². The number of fused-ring (bicyclic) bond motifs is 1. The summed E-state index contributed by atoms with van der Waals surface area (Å²) >= 11 is 0. The molecule has 188 valence electrons. The van der Waals surface area contributed by atoms with Crippen LogP contribution in [0.15, 0.2) is 35.6 Å². The van der Waals surface area contributed by atoms with Gasteiger partial charge in [0, 0.05) is 17.7 Å². The second kappa shape index (κ2) is 9.60. The van der Waals surface area contributed by atoms with Crippen LogP contribution in [0.25, 0.3) is 0 Å². The van der Waals surface area contributed by atoms with Gasteiger partial charge in [-0.25, -0.2) is 23.7 Å². The van der Waals surface area contributed by atoms with Gasteiger partial charge in [-0.1, -0.05) is 0 Å². The highest BCUT2D eigenvalue weighted by atomic mass is 19.4.